The molecule has 1 aliphatic rings. The molecule has 1 heterocycles. The first-order valence-corrected chi connectivity index (χ1v) is 4.20. The average Bonchev–Trinajstić information content (AvgIpc) is 2.03. The van der Waals surface area contributed by atoms with Gasteiger partial charge >= 0.3 is 0 Å². The van der Waals surface area contributed by atoms with Crippen LogP contribution in [0.2, 0.25) is 0 Å². The van der Waals surface area contributed by atoms with E-state index in [-0.39, 0.29) is 11.8 Å². The number of rotatable bonds is 3. The van der Waals surface area contributed by atoms with E-state index in [2.05, 4.69) is 5.32 Å². The van der Waals surface area contributed by atoms with Gasteiger partial charge in [0.25, 0.3) is 0 Å². The zero-order chi connectivity index (χ0) is 8.10. The van der Waals surface area contributed by atoms with Gasteiger partial charge in [-0.15, -0.1) is 0 Å². The molecule has 64 valence electrons. The first-order chi connectivity index (χ1) is 5.34. The Morgan fingerprint density at radius 3 is 3.18 bits per heavy atom. The second-order valence-corrected chi connectivity index (χ2v) is 2.79. The molecule has 0 bridgehead atoms. The van der Waals surface area contributed by atoms with E-state index >= 15 is 0 Å². The van der Waals surface area contributed by atoms with Crippen LogP contribution in [0.3, 0.4) is 0 Å². The van der Waals surface area contributed by atoms with E-state index in [0.717, 1.165) is 19.4 Å². The number of ether oxygens (including phenoxy) is 1. The molecule has 0 spiro atoms. The van der Waals surface area contributed by atoms with Crippen molar-refractivity contribution in [3.05, 3.63) is 0 Å². The molecule has 0 aromatic carbocycles. The SMILES string of the molecule is CCOCC1CCCNC1=O. The topological polar surface area (TPSA) is 38.3 Å². The van der Waals surface area contributed by atoms with Gasteiger partial charge in [-0.3, -0.25) is 4.79 Å². The number of carbonyl (C=O) groups excluding carboxylic acids is 1. The van der Waals surface area contributed by atoms with Crippen molar-refractivity contribution in [1.29, 1.82) is 0 Å². The fraction of sp³-hybridized carbons (Fsp3) is 0.875. The summed E-state index contributed by atoms with van der Waals surface area (Å²) >= 11 is 0. The van der Waals surface area contributed by atoms with Crippen LogP contribution in [-0.2, 0) is 9.53 Å². The predicted molar refractivity (Wildman–Crippen MR) is 42.2 cm³/mol. The molecule has 1 rings (SSSR count). The Labute approximate surface area is 67.1 Å². The van der Waals surface area contributed by atoms with E-state index in [0.29, 0.717) is 13.2 Å². The minimum Gasteiger partial charge on any atom is -0.381 e. The lowest BCUT2D eigenvalue weighted by Crippen LogP contribution is -2.38. The summed E-state index contributed by atoms with van der Waals surface area (Å²) in [5.74, 6) is 0.258. The maximum absolute atomic E-state index is 11.1. The molecule has 1 unspecified atom stereocenters. The molecule has 1 amide bonds. The zero-order valence-electron chi connectivity index (χ0n) is 6.93. The van der Waals surface area contributed by atoms with Gasteiger partial charge in [-0.25, -0.2) is 0 Å². The summed E-state index contributed by atoms with van der Waals surface area (Å²) in [5.41, 5.74) is 0. The van der Waals surface area contributed by atoms with E-state index in [1.165, 1.54) is 0 Å². The van der Waals surface area contributed by atoms with E-state index in [1.54, 1.807) is 0 Å². The second kappa shape index (κ2) is 4.34. The van der Waals surface area contributed by atoms with Crippen molar-refractivity contribution in [3.8, 4) is 0 Å². The van der Waals surface area contributed by atoms with Gasteiger partial charge in [0.15, 0.2) is 0 Å². The van der Waals surface area contributed by atoms with Crippen LogP contribution in [0.15, 0.2) is 0 Å². The Morgan fingerprint density at radius 1 is 1.73 bits per heavy atom. The zero-order valence-corrected chi connectivity index (χ0v) is 6.93. The molecule has 11 heavy (non-hydrogen) atoms. The monoisotopic (exact) mass is 157 g/mol. The lowest BCUT2D eigenvalue weighted by atomic mass is 10.00. The van der Waals surface area contributed by atoms with Crippen LogP contribution in [0, 0.1) is 5.92 Å². The van der Waals surface area contributed by atoms with Gasteiger partial charge in [0.2, 0.25) is 5.91 Å². The highest BCUT2D eigenvalue weighted by Crippen LogP contribution is 2.11. The van der Waals surface area contributed by atoms with Crippen LogP contribution < -0.4 is 5.32 Å². The normalized spacial score (nSPS) is 24.8. The van der Waals surface area contributed by atoms with Crippen molar-refractivity contribution < 1.29 is 9.53 Å². The summed E-state index contributed by atoms with van der Waals surface area (Å²) in [5, 5.41) is 2.82. The van der Waals surface area contributed by atoms with E-state index in [4.69, 9.17) is 4.74 Å². The summed E-state index contributed by atoms with van der Waals surface area (Å²) in [4.78, 5) is 11.1. The lowest BCUT2D eigenvalue weighted by molar-refractivity contribution is -0.128. The van der Waals surface area contributed by atoms with Crippen molar-refractivity contribution >= 4 is 5.91 Å². The van der Waals surface area contributed by atoms with Crippen molar-refractivity contribution in [2.24, 2.45) is 5.92 Å². The van der Waals surface area contributed by atoms with Gasteiger partial charge < -0.3 is 10.1 Å². The smallest absolute Gasteiger partial charge is 0.225 e. The Morgan fingerprint density at radius 2 is 2.55 bits per heavy atom. The summed E-state index contributed by atoms with van der Waals surface area (Å²) in [6.45, 7) is 4.06. The molecular weight excluding hydrogens is 142 g/mol. The quantitative estimate of drug-likeness (QED) is 0.649. The molecule has 0 saturated carbocycles. The largest absolute Gasteiger partial charge is 0.381 e. The van der Waals surface area contributed by atoms with Crippen LogP contribution in [0.5, 0.6) is 0 Å². The van der Waals surface area contributed by atoms with Gasteiger partial charge in [0.05, 0.1) is 12.5 Å². The second-order valence-electron chi connectivity index (χ2n) is 2.79. The first-order valence-electron chi connectivity index (χ1n) is 4.20. The van der Waals surface area contributed by atoms with E-state index in [9.17, 15) is 4.79 Å². The number of hydrogen-bond donors (Lipinski definition) is 1. The van der Waals surface area contributed by atoms with E-state index < -0.39 is 0 Å². The minimum atomic E-state index is 0.101. The molecule has 0 aromatic rings. The van der Waals surface area contributed by atoms with Gasteiger partial charge in [-0.2, -0.15) is 0 Å². The molecule has 1 aliphatic heterocycles. The molecule has 0 aliphatic carbocycles. The van der Waals surface area contributed by atoms with Gasteiger partial charge in [0.1, 0.15) is 0 Å². The summed E-state index contributed by atoms with van der Waals surface area (Å²) < 4.78 is 5.18. The van der Waals surface area contributed by atoms with Gasteiger partial charge in [0, 0.05) is 13.2 Å². The molecule has 1 N–H and O–H groups in total. The fourth-order valence-corrected chi connectivity index (χ4v) is 1.25. The Kier molecular flexibility index (Phi) is 3.36. The third-order valence-electron chi connectivity index (χ3n) is 1.92. The highest BCUT2D eigenvalue weighted by atomic mass is 16.5. The highest BCUT2D eigenvalue weighted by Gasteiger charge is 2.21. The van der Waals surface area contributed by atoms with E-state index in [1.807, 2.05) is 6.92 Å². The summed E-state index contributed by atoms with van der Waals surface area (Å²) in [7, 11) is 0. The lowest BCUT2D eigenvalue weighted by Gasteiger charge is -2.21. The molecule has 3 heteroatoms. The van der Waals surface area contributed by atoms with Crippen LogP contribution in [0.1, 0.15) is 19.8 Å². The number of carbonyl (C=O) groups is 1. The molecular formula is C8H15NO2. The van der Waals surface area contributed by atoms with Gasteiger partial charge in [-0.05, 0) is 19.8 Å². The number of amides is 1. The highest BCUT2D eigenvalue weighted by molar-refractivity contribution is 5.79. The molecule has 1 saturated heterocycles. The van der Waals surface area contributed by atoms with Crippen molar-refractivity contribution in [3.63, 3.8) is 0 Å². The number of nitrogens with one attached hydrogen (secondary N) is 1. The number of hydrogen-bond acceptors (Lipinski definition) is 2. The Bertz CT molecular complexity index is 136. The first kappa shape index (κ1) is 8.53. The molecule has 0 radical (unpaired) electrons. The minimum absolute atomic E-state index is 0.101. The number of piperidine rings is 1. The molecule has 0 aromatic heterocycles. The molecule has 3 nitrogen and oxygen atoms in total. The van der Waals surface area contributed by atoms with Crippen LogP contribution in [0.25, 0.3) is 0 Å². The van der Waals surface area contributed by atoms with Gasteiger partial charge in [-0.1, -0.05) is 0 Å². The van der Waals surface area contributed by atoms with Crippen LogP contribution >= 0.6 is 0 Å². The van der Waals surface area contributed by atoms with Crippen LogP contribution in [-0.4, -0.2) is 25.7 Å². The average molecular weight is 157 g/mol. The van der Waals surface area contributed by atoms with Crippen molar-refractivity contribution in [2.45, 2.75) is 19.8 Å². The Hall–Kier alpha value is -0.570. The summed E-state index contributed by atoms with van der Waals surface area (Å²) in [6.07, 6.45) is 2.06. The summed E-state index contributed by atoms with van der Waals surface area (Å²) in [6, 6.07) is 0. The molecule has 1 fully saturated rings. The Balaban J connectivity index is 2.24. The maximum atomic E-state index is 11.1. The maximum Gasteiger partial charge on any atom is 0.225 e. The predicted octanol–water partition coefficient (Wildman–Crippen LogP) is 0.549. The van der Waals surface area contributed by atoms with Crippen LogP contribution in [0.4, 0.5) is 0 Å². The third kappa shape index (κ3) is 2.50. The fourth-order valence-electron chi connectivity index (χ4n) is 1.25. The van der Waals surface area contributed by atoms with Crippen molar-refractivity contribution in [1.82, 2.24) is 5.32 Å². The third-order valence-corrected chi connectivity index (χ3v) is 1.92. The van der Waals surface area contributed by atoms with Crippen molar-refractivity contribution in [2.75, 3.05) is 19.8 Å². The molecule has 1 atom stereocenters. The standard InChI is InChI=1S/C8H15NO2/c1-2-11-6-7-4-3-5-9-8(7)10/h7H,2-6H2,1H3,(H,9,10).